The van der Waals surface area contributed by atoms with E-state index in [1.54, 1.807) is 12.1 Å². The Hall–Kier alpha value is -2.57. The summed E-state index contributed by atoms with van der Waals surface area (Å²) in [4.78, 5) is 13.2. The Morgan fingerprint density at radius 3 is 2.23 bits per heavy atom. The average Bonchev–Trinajstić information content (AvgIpc) is 3.47. The van der Waals surface area contributed by atoms with E-state index in [0.717, 1.165) is 40.8 Å². The number of halogens is 1. The minimum atomic E-state index is -2.72. The SMILES string of the molecule is Cc1c(-c2ccc(N[SH](=O)=O)cc2)c(C(=O)CC2CC2)n(C)c1-c1ccc(Cl)cc1. The molecule has 1 aliphatic carbocycles. The van der Waals surface area contributed by atoms with Crippen LogP contribution in [0.2, 0.25) is 5.02 Å². The molecule has 5 nitrogen and oxygen atoms in total. The first kappa shape index (κ1) is 20.7. The van der Waals surface area contributed by atoms with Crippen molar-refractivity contribution in [3.63, 3.8) is 0 Å². The standard InChI is InChI=1S/C23H23ClN2O3S/c1-14-21(16-7-11-19(12-8-16)25-30(28)29)23(20(27)13-15-3-4-15)26(2)22(14)17-5-9-18(24)10-6-17/h5-12,15,30H,3-4,13H2,1-2H3,(H,25,28,29). The third-order valence-corrected chi connectivity index (χ3v) is 6.28. The molecular formula is C23H23ClN2O3S. The van der Waals surface area contributed by atoms with Crippen LogP contribution in [0.1, 0.15) is 35.3 Å². The third-order valence-electron chi connectivity index (χ3n) is 5.58. The van der Waals surface area contributed by atoms with E-state index in [-0.39, 0.29) is 5.78 Å². The highest BCUT2D eigenvalue weighted by Crippen LogP contribution is 2.40. The first-order valence-corrected chi connectivity index (χ1v) is 11.4. The minimum Gasteiger partial charge on any atom is -0.340 e. The number of Topliss-reactive ketones (excluding diaryl/α,β-unsaturated/α-hetero) is 1. The van der Waals surface area contributed by atoms with Crippen LogP contribution in [0.4, 0.5) is 5.69 Å². The lowest BCUT2D eigenvalue weighted by Crippen LogP contribution is -2.09. The molecular weight excluding hydrogens is 420 g/mol. The van der Waals surface area contributed by atoms with E-state index in [4.69, 9.17) is 11.6 Å². The number of benzene rings is 2. The van der Waals surface area contributed by atoms with Gasteiger partial charge in [0.15, 0.2) is 5.78 Å². The van der Waals surface area contributed by atoms with Crippen molar-refractivity contribution in [2.24, 2.45) is 13.0 Å². The van der Waals surface area contributed by atoms with Crippen molar-refractivity contribution in [2.75, 3.05) is 4.72 Å². The van der Waals surface area contributed by atoms with E-state index < -0.39 is 10.9 Å². The minimum absolute atomic E-state index is 0.142. The lowest BCUT2D eigenvalue weighted by atomic mass is 9.96. The summed E-state index contributed by atoms with van der Waals surface area (Å²) < 4.78 is 26.2. The summed E-state index contributed by atoms with van der Waals surface area (Å²) in [5.41, 5.74) is 5.94. The van der Waals surface area contributed by atoms with Crippen LogP contribution in [-0.4, -0.2) is 18.8 Å². The van der Waals surface area contributed by atoms with Crippen molar-refractivity contribution in [1.82, 2.24) is 4.57 Å². The fourth-order valence-corrected chi connectivity index (χ4v) is 4.51. The molecule has 0 amide bonds. The van der Waals surface area contributed by atoms with Crippen molar-refractivity contribution in [3.05, 3.63) is 64.8 Å². The second kappa shape index (κ2) is 8.28. The molecule has 0 aliphatic heterocycles. The molecule has 30 heavy (non-hydrogen) atoms. The van der Waals surface area contributed by atoms with Gasteiger partial charge >= 0.3 is 0 Å². The molecule has 1 aromatic heterocycles. The van der Waals surface area contributed by atoms with Gasteiger partial charge in [-0.05, 0) is 66.6 Å². The van der Waals surface area contributed by atoms with Crippen LogP contribution in [0.3, 0.4) is 0 Å². The number of carbonyl (C=O) groups is 1. The summed E-state index contributed by atoms with van der Waals surface area (Å²) in [5, 5.41) is 0.663. The van der Waals surface area contributed by atoms with E-state index in [9.17, 15) is 13.2 Å². The molecule has 1 fully saturated rings. The van der Waals surface area contributed by atoms with Crippen LogP contribution >= 0.6 is 11.6 Å². The highest BCUT2D eigenvalue weighted by atomic mass is 35.5. The molecule has 0 bridgehead atoms. The van der Waals surface area contributed by atoms with Gasteiger partial charge in [-0.25, -0.2) is 8.42 Å². The van der Waals surface area contributed by atoms with Gasteiger partial charge in [-0.2, -0.15) is 0 Å². The smallest absolute Gasteiger partial charge is 0.222 e. The molecule has 7 heteroatoms. The quantitative estimate of drug-likeness (QED) is 0.388. The van der Waals surface area contributed by atoms with Gasteiger partial charge in [0.25, 0.3) is 0 Å². The third kappa shape index (κ3) is 4.16. The lowest BCUT2D eigenvalue weighted by Gasteiger charge is -2.09. The zero-order chi connectivity index (χ0) is 21.4. The zero-order valence-corrected chi connectivity index (χ0v) is 18.5. The largest absolute Gasteiger partial charge is 0.340 e. The maximum atomic E-state index is 13.2. The van der Waals surface area contributed by atoms with Crippen LogP contribution in [0, 0.1) is 12.8 Å². The molecule has 1 heterocycles. The Kier molecular flexibility index (Phi) is 5.71. The van der Waals surface area contributed by atoms with Gasteiger partial charge < -0.3 is 4.57 Å². The number of carbonyl (C=O) groups excluding carboxylic acids is 1. The van der Waals surface area contributed by atoms with Gasteiger partial charge in [0.05, 0.1) is 11.4 Å². The van der Waals surface area contributed by atoms with Gasteiger partial charge in [-0.1, -0.05) is 35.9 Å². The van der Waals surface area contributed by atoms with Crippen LogP contribution in [0.15, 0.2) is 48.5 Å². The summed E-state index contributed by atoms with van der Waals surface area (Å²) in [6, 6.07) is 14.7. The van der Waals surface area contributed by atoms with Crippen LogP contribution in [0.5, 0.6) is 0 Å². The monoisotopic (exact) mass is 442 g/mol. The normalized spacial score (nSPS) is 13.6. The van der Waals surface area contributed by atoms with Crippen LogP contribution < -0.4 is 4.72 Å². The van der Waals surface area contributed by atoms with E-state index in [0.29, 0.717) is 28.7 Å². The first-order valence-electron chi connectivity index (χ1n) is 9.85. The second-order valence-electron chi connectivity index (χ2n) is 7.78. The fraction of sp³-hybridized carbons (Fsp3) is 0.261. The van der Waals surface area contributed by atoms with E-state index in [2.05, 4.69) is 4.72 Å². The van der Waals surface area contributed by atoms with Gasteiger partial charge in [0, 0.05) is 29.7 Å². The van der Waals surface area contributed by atoms with Crippen molar-refractivity contribution in [2.45, 2.75) is 26.2 Å². The van der Waals surface area contributed by atoms with Gasteiger partial charge in [-0.3, -0.25) is 9.52 Å². The molecule has 0 spiro atoms. The highest BCUT2D eigenvalue weighted by Gasteiger charge is 2.30. The Bertz CT molecular complexity index is 1170. The topological polar surface area (TPSA) is 68.2 Å². The van der Waals surface area contributed by atoms with Crippen LogP contribution in [0.25, 0.3) is 22.4 Å². The average molecular weight is 443 g/mol. The molecule has 4 rings (SSSR count). The van der Waals surface area contributed by atoms with Crippen molar-refractivity contribution >= 4 is 34.0 Å². The number of thiol groups is 1. The Balaban J connectivity index is 1.85. The number of anilines is 1. The highest BCUT2D eigenvalue weighted by molar-refractivity contribution is 7.73. The molecule has 1 aliphatic rings. The van der Waals surface area contributed by atoms with Crippen molar-refractivity contribution in [1.29, 1.82) is 0 Å². The molecule has 1 saturated carbocycles. The van der Waals surface area contributed by atoms with E-state index in [1.807, 2.05) is 54.9 Å². The van der Waals surface area contributed by atoms with Crippen molar-refractivity contribution in [3.8, 4) is 22.4 Å². The number of hydrogen-bond acceptors (Lipinski definition) is 3. The number of nitrogens with zero attached hydrogens (tertiary/aromatic N) is 1. The fourth-order valence-electron chi connectivity index (χ4n) is 4.02. The Morgan fingerprint density at radius 1 is 1.07 bits per heavy atom. The van der Waals surface area contributed by atoms with E-state index in [1.165, 1.54) is 0 Å². The molecule has 0 saturated heterocycles. The summed E-state index contributed by atoms with van der Waals surface area (Å²) in [7, 11) is -0.790. The second-order valence-corrected chi connectivity index (χ2v) is 8.95. The van der Waals surface area contributed by atoms with Gasteiger partial charge in [-0.15, -0.1) is 0 Å². The molecule has 0 atom stereocenters. The summed E-state index contributed by atoms with van der Waals surface area (Å²) in [6.07, 6.45) is 2.78. The molecule has 156 valence electrons. The molecule has 1 N–H and O–H groups in total. The number of ketones is 1. The molecule has 0 radical (unpaired) electrons. The maximum absolute atomic E-state index is 13.2. The first-order chi connectivity index (χ1) is 14.3. The number of rotatable bonds is 7. The Morgan fingerprint density at radius 2 is 1.67 bits per heavy atom. The predicted octanol–water partition coefficient (Wildman–Crippen LogP) is 5.24. The van der Waals surface area contributed by atoms with E-state index >= 15 is 0 Å². The summed E-state index contributed by atoms with van der Waals surface area (Å²) in [6.45, 7) is 2.02. The van der Waals surface area contributed by atoms with Crippen molar-refractivity contribution < 1.29 is 13.2 Å². The summed E-state index contributed by atoms with van der Waals surface area (Å²) >= 11 is 6.07. The lowest BCUT2D eigenvalue weighted by molar-refractivity contribution is 0.0969. The predicted molar refractivity (Wildman–Crippen MR) is 122 cm³/mol. The summed E-state index contributed by atoms with van der Waals surface area (Å²) in [5.74, 6) is 0.627. The van der Waals surface area contributed by atoms with Gasteiger partial charge in [0.1, 0.15) is 0 Å². The number of aromatic nitrogens is 1. The molecule has 0 unspecified atom stereocenters. The zero-order valence-electron chi connectivity index (χ0n) is 16.8. The molecule has 2 aromatic carbocycles. The van der Waals surface area contributed by atoms with Crippen LogP contribution in [-0.2, 0) is 17.9 Å². The number of nitrogens with one attached hydrogen (secondary N) is 1. The molecule has 3 aromatic rings. The number of hydrogen-bond donors (Lipinski definition) is 2. The Labute approximate surface area is 182 Å². The maximum Gasteiger partial charge on any atom is 0.222 e. The van der Waals surface area contributed by atoms with Gasteiger partial charge in [0.2, 0.25) is 10.9 Å².